The summed E-state index contributed by atoms with van der Waals surface area (Å²) in [4.78, 5) is 11.0. The van der Waals surface area contributed by atoms with Crippen molar-refractivity contribution in [3.63, 3.8) is 0 Å². The van der Waals surface area contributed by atoms with Crippen molar-refractivity contribution in [3.8, 4) is 5.75 Å². The number of hydrogen-bond donors (Lipinski definition) is 1. The number of aromatic carboxylic acids is 1. The van der Waals surface area contributed by atoms with Gasteiger partial charge in [-0.15, -0.1) is 0 Å². The summed E-state index contributed by atoms with van der Waals surface area (Å²) in [5.74, 6) is -0.611. The average molecular weight is 254 g/mol. The number of benzene rings is 2. The maximum Gasteiger partial charge on any atom is 0.339 e. The first-order valence-electron chi connectivity index (χ1n) is 5.87. The SMILES string of the molecule is C=Cc1ccc(COc2ccccc2C(=O)O)cc1. The van der Waals surface area contributed by atoms with Gasteiger partial charge in [0.25, 0.3) is 0 Å². The number of ether oxygens (including phenoxy) is 1. The van der Waals surface area contributed by atoms with Gasteiger partial charge in [0.2, 0.25) is 0 Å². The van der Waals surface area contributed by atoms with E-state index in [9.17, 15) is 4.79 Å². The van der Waals surface area contributed by atoms with Gasteiger partial charge in [-0.1, -0.05) is 49.1 Å². The van der Waals surface area contributed by atoms with Crippen LogP contribution in [0.3, 0.4) is 0 Å². The van der Waals surface area contributed by atoms with E-state index in [1.54, 1.807) is 24.3 Å². The molecule has 0 aliphatic carbocycles. The predicted octanol–water partition coefficient (Wildman–Crippen LogP) is 3.61. The molecular formula is C16H14O3. The van der Waals surface area contributed by atoms with Crippen LogP contribution in [0.4, 0.5) is 0 Å². The van der Waals surface area contributed by atoms with Gasteiger partial charge in [-0.05, 0) is 23.3 Å². The van der Waals surface area contributed by atoms with Crippen molar-refractivity contribution in [1.82, 2.24) is 0 Å². The molecule has 0 aliphatic rings. The lowest BCUT2D eigenvalue weighted by molar-refractivity contribution is 0.0692. The first-order valence-corrected chi connectivity index (χ1v) is 5.87. The van der Waals surface area contributed by atoms with E-state index < -0.39 is 5.97 Å². The summed E-state index contributed by atoms with van der Waals surface area (Å²) in [5.41, 5.74) is 2.19. The first-order chi connectivity index (χ1) is 9.20. The van der Waals surface area contributed by atoms with E-state index >= 15 is 0 Å². The molecule has 0 atom stereocenters. The molecular weight excluding hydrogens is 240 g/mol. The lowest BCUT2D eigenvalue weighted by atomic mass is 10.1. The zero-order valence-corrected chi connectivity index (χ0v) is 10.4. The molecule has 0 aliphatic heterocycles. The number of carbonyl (C=O) groups is 1. The van der Waals surface area contributed by atoms with Crippen LogP contribution in [0.5, 0.6) is 5.75 Å². The lowest BCUT2D eigenvalue weighted by Gasteiger charge is -2.09. The van der Waals surface area contributed by atoms with E-state index in [-0.39, 0.29) is 5.56 Å². The largest absolute Gasteiger partial charge is 0.488 e. The topological polar surface area (TPSA) is 46.5 Å². The minimum absolute atomic E-state index is 0.171. The Bertz CT molecular complexity index is 585. The third kappa shape index (κ3) is 3.22. The van der Waals surface area contributed by atoms with Crippen molar-refractivity contribution in [2.45, 2.75) is 6.61 Å². The van der Waals surface area contributed by atoms with E-state index in [1.165, 1.54) is 6.07 Å². The van der Waals surface area contributed by atoms with Gasteiger partial charge in [0, 0.05) is 0 Å². The number of rotatable bonds is 5. The Hall–Kier alpha value is -2.55. The lowest BCUT2D eigenvalue weighted by Crippen LogP contribution is -2.03. The summed E-state index contributed by atoms with van der Waals surface area (Å²) in [5, 5.41) is 9.04. The molecule has 0 unspecified atom stereocenters. The summed E-state index contributed by atoms with van der Waals surface area (Å²) < 4.78 is 5.55. The summed E-state index contributed by atoms with van der Waals surface area (Å²) in [6, 6.07) is 14.3. The summed E-state index contributed by atoms with van der Waals surface area (Å²) in [6.07, 6.45) is 1.77. The molecule has 96 valence electrons. The molecule has 0 aromatic heterocycles. The summed E-state index contributed by atoms with van der Waals surface area (Å²) in [6.45, 7) is 4.02. The highest BCUT2D eigenvalue weighted by molar-refractivity contribution is 5.90. The van der Waals surface area contributed by atoms with Crippen LogP contribution in [-0.4, -0.2) is 11.1 Å². The first kappa shape index (κ1) is 12.9. The van der Waals surface area contributed by atoms with Crippen LogP contribution in [0.15, 0.2) is 55.1 Å². The van der Waals surface area contributed by atoms with Crippen molar-refractivity contribution >= 4 is 12.0 Å². The van der Waals surface area contributed by atoms with E-state index in [0.29, 0.717) is 12.4 Å². The van der Waals surface area contributed by atoms with Crippen molar-refractivity contribution in [1.29, 1.82) is 0 Å². The maximum absolute atomic E-state index is 11.0. The number of carboxylic acid groups (broad SMARTS) is 1. The normalized spacial score (nSPS) is 9.89. The zero-order valence-electron chi connectivity index (χ0n) is 10.4. The minimum Gasteiger partial charge on any atom is -0.488 e. The zero-order chi connectivity index (χ0) is 13.7. The average Bonchev–Trinajstić information content (AvgIpc) is 2.46. The van der Waals surface area contributed by atoms with Crippen molar-refractivity contribution in [2.75, 3.05) is 0 Å². The van der Waals surface area contributed by atoms with Crippen molar-refractivity contribution in [2.24, 2.45) is 0 Å². The highest BCUT2D eigenvalue weighted by atomic mass is 16.5. The molecule has 19 heavy (non-hydrogen) atoms. The molecule has 0 saturated heterocycles. The molecule has 3 heteroatoms. The highest BCUT2D eigenvalue weighted by Crippen LogP contribution is 2.19. The van der Waals surface area contributed by atoms with E-state index in [2.05, 4.69) is 6.58 Å². The number of hydrogen-bond acceptors (Lipinski definition) is 2. The van der Waals surface area contributed by atoms with E-state index in [4.69, 9.17) is 9.84 Å². The van der Waals surface area contributed by atoms with E-state index in [0.717, 1.165) is 11.1 Å². The molecule has 0 saturated carbocycles. The quantitative estimate of drug-likeness (QED) is 0.886. The van der Waals surface area contributed by atoms with Crippen LogP contribution < -0.4 is 4.74 Å². The van der Waals surface area contributed by atoms with Crippen molar-refractivity contribution < 1.29 is 14.6 Å². The molecule has 1 N–H and O–H groups in total. The minimum atomic E-state index is -0.988. The molecule has 0 spiro atoms. The second-order valence-corrected chi connectivity index (χ2v) is 4.04. The molecule has 3 nitrogen and oxygen atoms in total. The van der Waals surface area contributed by atoms with Gasteiger partial charge in [-0.25, -0.2) is 4.79 Å². The summed E-state index contributed by atoms with van der Waals surface area (Å²) >= 11 is 0. The van der Waals surface area contributed by atoms with Crippen LogP contribution in [0.2, 0.25) is 0 Å². The molecule has 0 amide bonds. The van der Waals surface area contributed by atoms with Crippen LogP contribution in [0, 0.1) is 0 Å². The van der Waals surface area contributed by atoms with Gasteiger partial charge in [-0.2, -0.15) is 0 Å². The Labute approximate surface area is 111 Å². The van der Waals surface area contributed by atoms with Gasteiger partial charge < -0.3 is 9.84 Å². The fraction of sp³-hybridized carbons (Fsp3) is 0.0625. The van der Waals surface area contributed by atoms with Crippen LogP contribution in [0.1, 0.15) is 21.5 Å². The molecule has 2 aromatic rings. The predicted molar refractivity (Wildman–Crippen MR) is 74.3 cm³/mol. The third-order valence-electron chi connectivity index (χ3n) is 2.73. The van der Waals surface area contributed by atoms with Gasteiger partial charge in [0.1, 0.15) is 17.9 Å². The molecule has 0 radical (unpaired) electrons. The second kappa shape index (κ2) is 5.87. The van der Waals surface area contributed by atoms with E-state index in [1.807, 2.05) is 24.3 Å². The Morgan fingerprint density at radius 3 is 2.47 bits per heavy atom. The third-order valence-corrected chi connectivity index (χ3v) is 2.73. The van der Waals surface area contributed by atoms with Crippen molar-refractivity contribution in [3.05, 3.63) is 71.8 Å². The smallest absolute Gasteiger partial charge is 0.339 e. The molecule has 0 bridgehead atoms. The molecule has 0 fully saturated rings. The number of para-hydroxylation sites is 1. The van der Waals surface area contributed by atoms with Crippen LogP contribution in [-0.2, 0) is 6.61 Å². The van der Waals surface area contributed by atoms with Gasteiger partial charge in [0.15, 0.2) is 0 Å². The second-order valence-electron chi connectivity index (χ2n) is 4.04. The van der Waals surface area contributed by atoms with Gasteiger partial charge >= 0.3 is 5.97 Å². The Morgan fingerprint density at radius 2 is 1.84 bits per heavy atom. The fourth-order valence-corrected chi connectivity index (χ4v) is 1.68. The Kier molecular flexibility index (Phi) is 3.98. The fourth-order valence-electron chi connectivity index (χ4n) is 1.68. The Morgan fingerprint density at radius 1 is 1.16 bits per heavy atom. The molecule has 2 aromatic carbocycles. The van der Waals surface area contributed by atoms with Gasteiger partial charge in [0.05, 0.1) is 0 Å². The van der Waals surface area contributed by atoms with Gasteiger partial charge in [-0.3, -0.25) is 0 Å². The molecule has 2 rings (SSSR count). The van der Waals surface area contributed by atoms with Crippen LogP contribution in [0.25, 0.3) is 6.08 Å². The summed E-state index contributed by atoms with van der Waals surface area (Å²) in [7, 11) is 0. The Balaban J connectivity index is 2.09. The maximum atomic E-state index is 11.0. The van der Waals surface area contributed by atoms with Crippen LogP contribution >= 0.6 is 0 Å². The standard InChI is InChI=1S/C16H14O3/c1-2-12-7-9-13(10-8-12)11-19-15-6-4-3-5-14(15)16(17)18/h2-10H,1,11H2,(H,17,18). The molecule has 0 heterocycles. The monoisotopic (exact) mass is 254 g/mol. The highest BCUT2D eigenvalue weighted by Gasteiger charge is 2.09. The number of carboxylic acids is 1.